The van der Waals surface area contributed by atoms with Crippen LogP contribution in [0.4, 0.5) is 0 Å². The average Bonchev–Trinajstić information content (AvgIpc) is 3.12. The third-order valence-corrected chi connectivity index (χ3v) is 4.68. The number of nitrogens with zero attached hydrogens (tertiary/aromatic N) is 1. The average molecular weight is 336 g/mol. The Hall–Kier alpha value is -3.59. The zero-order valence-electron chi connectivity index (χ0n) is 14.0. The first-order valence-electron chi connectivity index (χ1n) is 8.55. The fourth-order valence-corrected chi connectivity index (χ4v) is 3.35. The van der Waals surface area contributed by atoms with Crippen LogP contribution in [0.1, 0.15) is 0 Å². The first-order chi connectivity index (χ1) is 12.8. The Morgan fingerprint density at radius 2 is 1.42 bits per heavy atom. The van der Waals surface area contributed by atoms with Gasteiger partial charge in [-0.15, -0.1) is 0 Å². The Kier molecular flexibility index (Phi) is 3.25. The van der Waals surface area contributed by atoms with E-state index in [2.05, 4.69) is 41.4 Å². The standard InChI is InChI=1S/C23H16N2O/c26-20-11-10-17-12-16(8-9-18(17)14-20)15-4-3-5-19(13-15)23-24-21-6-1-2-7-22(21)25-23/h1-14,26H,(H,24,25). The molecule has 0 saturated heterocycles. The molecule has 0 amide bonds. The number of para-hydroxylation sites is 2. The molecule has 0 aliphatic carbocycles. The van der Waals surface area contributed by atoms with Gasteiger partial charge in [-0.3, -0.25) is 0 Å². The lowest BCUT2D eigenvalue weighted by Gasteiger charge is -2.06. The van der Waals surface area contributed by atoms with Gasteiger partial charge in [-0.1, -0.05) is 48.5 Å². The molecule has 0 spiro atoms. The van der Waals surface area contributed by atoms with Gasteiger partial charge >= 0.3 is 0 Å². The van der Waals surface area contributed by atoms with Crippen molar-refractivity contribution in [3.05, 3.63) is 84.9 Å². The SMILES string of the molecule is Oc1ccc2cc(-c3cccc(-c4nc5ccccc5[nH]4)c3)ccc2c1. The summed E-state index contributed by atoms with van der Waals surface area (Å²) in [6, 6.07) is 28.1. The molecule has 0 radical (unpaired) electrons. The number of hydrogen-bond donors (Lipinski definition) is 2. The van der Waals surface area contributed by atoms with E-state index in [4.69, 9.17) is 4.98 Å². The van der Waals surface area contributed by atoms with Gasteiger partial charge in [-0.05, 0) is 58.3 Å². The summed E-state index contributed by atoms with van der Waals surface area (Å²) in [6.07, 6.45) is 0. The molecule has 0 atom stereocenters. The highest BCUT2D eigenvalue weighted by molar-refractivity contribution is 5.89. The Labute approximate surface area is 150 Å². The monoisotopic (exact) mass is 336 g/mol. The van der Waals surface area contributed by atoms with E-state index in [-0.39, 0.29) is 5.75 Å². The van der Waals surface area contributed by atoms with Crippen LogP contribution in [0.3, 0.4) is 0 Å². The molecular weight excluding hydrogens is 320 g/mol. The smallest absolute Gasteiger partial charge is 0.138 e. The van der Waals surface area contributed by atoms with E-state index in [1.165, 1.54) is 0 Å². The predicted octanol–water partition coefficient (Wildman–Crippen LogP) is 5.76. The number of phenols is 1. The van der Waals surface area contributed by atoms with Crippen molar-refractivity contribution in [2.45, 2.75) is 0 Å². The first-order valence-corrected chi connectivity index (χ1v) is 8.55. The lowest BCUT2D eigenvalue weighted by molar-refractivity contribution is 0.476. The van der Waals surface area contributed by atoms with E-state index in [9.17, 15) is 5.11 Å². The molecule has 5 aromatic rings. The van der Waals surface area contributed by atoms with Crippen LogP contribution in [0.5, 0.6) is 5.75 Å². The van der Waals surface area contributed by atoms with Crippen LogP contribution < -0.4 is 0 Å². The quantitative estimate of drug-likeness (QED) is 0.431. The van der Waals surface area contributed by atoms with Crippen molar-refractivity contribution < 1.29 is 5.11 Å². The molecule has 0 saturated carbocycles. The minimum absolute atomic E-state index is 0.289. The van der Waals surface area contributed by atoms with E-state index in [1.807, 2.05) is 36.4 Å². The van der Waals surface area contributed by atoms with Gasteiger partial charge in [0.15, 0.2) is 0 Å². The molecule has 5 rings (SSSR count). The molecule has 26 heavy (non-hydrogen) atoms. The molecule has 1 aromatic heterocycles. The molecule has 4 aromatic carbocycles. The van der Waals surface area contributed by atoms with Crippen LogP contribution >= 0.6 is 0 Å². The van der Waals surface area contributed by atoms with Crippen molar-refractivity contribution >= 4 is 21.8 Å². The van der Waals surface area contributed by atoms with Crippen molar-refractivity contribution in [1.29, 1.82) is 0 Å². The number of aromatic nitrogens is 2. The molecule has 0 aliphatic rings. The Balaban J connectivity index is 1.60. The number of phenolic OH excluding ortho intramolecular Hbond substituents is 1. The summed E-state index contributed by atoms with van der Waals surface area (Å²) >= 11 is 0. The second-order valence-electron chi connectivity index (χ2n) is 6.43. The second kappa shape index (κ2) is 5.74. The van der Waals surface area contributed by atoms with E-state index >= 15 is 0 Å². The highest BCUT2D eigenvalue weighted by atomic mass is 16.3. The molecule has 0 aliphatic heterocycles. The number of aromatic hydroxyl groups is 1. The number of imidazole rings is 1. The van der Waals surface area contributed by atoms with Crippen LogP contribution in [0, 0.1) is 0 Å². The van der Waals surface area contributed by atoms with Gasteiger partial charge in [0.2, 0.25) is 0 Å². The maximum atomic E-state index is 9.63. The summed E-state index contributed by atoms with van der Waals surface area (Å²) in [6.45, 7) is 0. The van der Waals surface area contributed by atoms with Gasteiger partial charge in [0, 0.05) is 5.56 Å². The number of H-pyrrole nitrogens is 1. The number of aromatic amines is 1. The van der Waals surface area contributed by atoms with Crippen LogP contribution in [0.15, 0.2) is 84.9 Å². The molecule has 0 bridgehead atoms. The van der Waals surface area contributed by atoms with Crippen molar-refractivity contribution in [2.75, 3.05) is 0 Å². The Morgan fingerprint density at radius 3 is 2.35 bits per heavy atom. The topological polar surface area (TPSA) is 48.9 Å². The lowest BCUT2D eigenvalue weighted by Crippen LogP contribution is -1.84. The molecule has 3 nitrogen and oxygen atoms in total. The normalized spacial score (nSPS) is 11.2. The summed E-state index contributed by atoms with van der Waals surface area (Å²) in [4.78, 5) is 8.08. The fraction of sp³-hybridized carbons (Fsp3) is 0. The molecule has 1 heterocycles. The molecule has 124 valence electrons. The van der Waals surface area contributed by atoms with Crippen molar-refractivity contribution in [3.63, 3.8) is 0 Å². The van der Waals surface area contributed by atoms with E-state index in [0.717, 1.165) is 44.3 Å². The van der Waals surface area contributed by atoms with Crippen molar-refractivity contribution in [3.8, 4) is 28.3 Å². The summed E-state index contributed by atoms with van der Waals surface area (Å²) in [7, 11) is 0. The minimum atomic E-state index is 0.289. The maximum absolute atomic E-state index is 9.63. The third kappa shape index (κ3) is 2.50. The van der Waals surface area contributed by atoms with Gasteiger partial charge in [0.25, 0.3) is 0 Å². The van der Waals surface area contributed by atoms with E-state index < -0.39 is 0 Å². The van der Waals surface area contributed by atoms with Gasteiger partial charge in [-0.25, -0.2) is 4.98 Å². The Bertz CT molecular complexity index is 1220. The zero-order valence-corrected chi connectivity index (χ0v) is 14.0. The maximum Gasteiger partial charge on any atom is 0.138 e. The molecular formula is C23H16N2O. The summed E-state index contributed by atoms with van der Waals surface area (Å²) < 4.78 is 0. The fourth-order valence-electron chi connectivity index (χ4n) is 3.35. The summed E-state index contributed by atoms with van der Waals surface area (Å²) in [5.74, 6) is 1.16. The highest BCUT2D eigenvalue weighted by Crippen LogP contribution is 2.29. The lowest BCUT2D eigenvalue weighted by atomic mass is 9.99. The molecule has 0 fully saturated rings. The first kappa shape index (κ1) is 14.7. The molecule has 3 heteroatoms. The third-order valence-electron chi connectivity index (χ3n) is 4.68. The van der Waals surface area contributed by atoms with Gasteiger partial charge in [0.1, 0.15) is 11.6 Å². The van der Waals surface area contributed by atoms with Gasteiger partial charge < -0.3 is 10.1 Å². The predicted molar refractivity (Wildman–Crippen MR) is 106 cm³/mol. The van der Waals surface area contributed by atoms with E-state index in [1.54, 1.807) is 12.1 Å². The number of nitrogens with one attached hydrogen (secondary N) is 1. The largest absolute Gasteiger partial charge is 0.508 e. The zero-order chi connectivity index (χ0) is 17.5. The van der Waals surface area contributed by atoms with Gasteiger partial charge in [-0.2, -0.15) is 0 Å². The minimum Gasteiger partial charge on any atom is -0.508 e. The van der Waals surface area contributed by atoms with Crippen LogP contribution in [0.2, 0.25) is 0 Å². The number of rotatable bonds is 2. The van der Waals surface area contributed by atoms with Crippen molar-refractivity contribution in [2.24, 2.45) is 0 Å². The van der Waals surface area contributed by atoms with Crippen molar-refractivity contribution in [1.82, 2.24) is 9.97 Å². The van der Waals surface area contributed by atoms with E-state index in [0.29, 0.717) is 0 Å². The van der Waals surface area contributed by atoms with Crippen LogP contribution in [-0.4, -0.2) is 15.1 Å². The van der Waals surface area contributed by atoms with Crippen LogP contribution in [0.25, 0.3) is 44.3 Å². The Morgan fingerprint density at radius 1 is 0.654 bits per heavy atom. The molecule has 0 unspecified atom stereocenters. The molecule has 2 N–H and O–H groups in total. The number of hydrogen-bond acceptors (Lipinski definition) is 2. The van der Waals surface area contributed by atoms with Gasteiger partial charge in [0.05, 0.1) is 11.0 Å². The second-order valence-corrected chi connectivity index (χ2v) is 6.43. The summed E-state index contributed by atoms with van der Waals surface area (Å²) in [5.41, 5.74) is 5.35. The number of fused-ring (bicyclic) bond motifs is 2. The summed E-state index contributed by atoms with van der Waals surface area (Å²) in [5, 5.41) is 11.8. The number of benzene rings is 4. The van der Waals surface area contributed by atoms with Crippen LogP contribution in [-0.2, 0) is 0 Å². The highest BCUT2D eigenvalue weighted by Gasteiger charge is 2.07.